The zero-order valence-electron chi connectivity index (χ0n) is 15.3. The smallest absolute Gasteiger partial charge is 0.376 e. The highest BCUT2D eigenvalue weighted by molar-refractivity contribution is 8.00. The molecule has 1 N–H and O–H groups in total. The molecule has 1 saturated heterocycles. The number of benzene rings is 1. The van der Waals surface area contributed by atoms with Crippen LogP contribution >= 0.6 is 34.7 Å². The van der Waals surface area contributed by atoms with Gasteiger partial charge in [-0.1, -0.05) is 34.7 Å². The molecule has 1 aliphatic heterocycles. The molecule has 1 atom stereocenters. The maximum Gasteiger partial charge on any atom is 0.418 e. The lowest BCUT2D eigenvalue weighted by atomic mass is 10.1. The standard InChI is InChI=1S/C16H15ClF3N7OS2/c17-9-3-4-12(11(6-9)16(18,19)20)27-13(22-25-26-27)8-29-15-24-23-14(30-15)21-7-10-2-1-5-28-10/h3-4,6,10H,1-2,5,7-8H2,(H,21,23). The fraction of sp³-hybridized carbons (Fsp3) is 0.438. The first kappa shape index (κ1) is 21.3. The predicted molar refractivity (Wildman–Crippen MR) is 106 cm³/mol. The highest BCUT2D eigenvalue weighted by atomic mass is 35.5. The summed E-state index contributed by atoms with van der Waals surface area (Å²) >= 11 is 8.38. The number of alkyl halides is 3. The summed E-state index contributed by atoms with van der Waals surface area (Å²) in [6, 6.07) is 3.46. The third-order valence-corrected chi connectivity index (χ3v) is 6.51. The molecule has 2 aromatic heterocycles. The second-order valence-electron chi connectivity index (χ2n) is 6.34. The fourth-order valence-corrected chi connectivity index (χ4v) is 4.71. The van der Waals surface area contributed by atoms with Crippen LogP contribution in [0.2, 0.25) is 5.02 Å². The minimum absolute atomic E-state index is 0.0213. The molecule has 30 heavy (non-hydrogen) atoms. The van der Waals surface area contributed by atoms with Crippen molar-refractivity contribution in [3.63, 3.8) is 0 Å². The number of rotatable bonds is 7. The van der Waals surface area contributed by atoms with Crippen molar-refractivity contribution in [1.82, 2.24) is 30.4 Å². The van der Waals surface area contributed by atoms with Crippen LogP contribution in [0.25, 0.3) is 5.69 Å². The van der Waals surface area contributed by atoms with Crippen LogP contribution in [0.4, 0.5) is 18.3 Å². The van der Waals surface area contributed by atoms with E-state index in [1.54, 1.807) is 0 Å². The number of tetrazole rings is 1. The summed E-state index contributed by atoms with van der Waals surface area (Å²) in [5, 5.41) is 23.1. The van der Waals surface area contributed by atoms with Gasteiger partial charge in [0.05, 0.1) is 23.1 Å². The van der Waals surface area contributed by atoms with Gasteiger partial charge in [-0.2, -0.15) is 17.9 Å². The van der Waals surface area contributed by atoms with Gasteiger partial charge in [-0.15, -0.1) is 15.3 Å². The van der Waals surface area contributed by atoms with Crippen molar-refractivity contribution in [2.75, 3.05) is 18.5 Å². The summed E-state index contributed by atoms with van der Waals surface area (Å²) in [6.07, 6.45) is -2.35. The van der Waals surface area contributed by atoms with E-state index in [0.29, 0.717) is 16.0 Å². The van der Waals surface area contributed by atoms with Crippen LogP contribution < -0.4 is 5.32 Å². The SMILES string of the molecule is FC(F)(F)c1cc(Cl)ccc1-n1nnnc1CSc1nnc(NCC2CCCO2)s1. The summed E-state index contributed by atoms with van der Waals surface area (Å²) in [7, 11) is 0. The number of anilines is 1. The summed E-state index contributed by atoms with van der Waals surface area (Å²) in [4.78, 5) is 0. The number of hydrogen-bond acceptors (Lipinski definition) is 9. The van der Waals surface area contributed by atoms with Gasteiger partial charge in [0.1, 0.15) is 0 Å². The Morgan fingerprint density at radius 2 is 2.17 bits per heavy atom. The van der Waals surface area contributed by atoms with Gasteiger partial charge in [-0.05, 0) is 41.5 Å². The van der Waals surface area contributed by atoms with Crippen LogP contribution in [0, 0.1) is 0 Å². The molecule has 8 nitrogen and oxygen atoms in total. The van der Waals surface area contributed by atoms with Gasteiger partial charge in [0.2, 0.25) is 5.13 Å². The Hall–Kier alpha value is -1.96. The first-order valence-electron chi connectivity index (χ1n) is 8.86. The van der Waals surface area contributed by atoms with Crippen molar-refractivity contribution in [1.29, 1.82) is 0 Å². The molecule has 1 unspecified atom stereocenters. The van der Waals surface area contributed by atoms with Crippen molar-refractivity contribution in [2.24, 2.45) is 0 Å². The highest BCUT2D eigenvalue weighted by Gasteiger charge is 2.35. The van der Waals surface area contributed by atoms with E-state index in [2.05, 4.69) is 31.0 Å². The van der Waals surface area contributed by atoms with Crippen molar-refractivity contribution < 1.29 is 17.9 Å². The maximum absolute atomic E-state index is 13.4. The van der Waals surface area contributed by atoms with E-state index in [1.165, 1.54) is 35.2 Å². The quantitative estimate of drug-likeness (QED) is 0.509. The second-order valence-corrected chi connectivity index (χ2v) is 8.98. The van der Waals surface area contributed by atoms with Crippen molar-refractivity contribution >= 4 is 39.8 Å². The normalized spacial score (nSPS) is 16.9. The molecular weight excluding hydrogens is 463 g/mol. The van der Waals surface area contributed by atoms with E-state index in [0.717, 1.165) is 30.2 Å². The Balaban J connectivity index is 1.44. The molecule has 0 saturated carbocycles. The molecule has 1 fully saturated rings. The molecule has 160 valence electrons. The number of thioether (sulfide) groups is 1. The van der Waals surface area contributed by atoms with Crippen molar-refractivity contribution in [3.8, 4) is 5.69 Å². The average molecular weight is 478 g/mol. The average Bonchev–Trinajstić information content (AvgIpc) is 3.45. The van der Waals surface area contributed by atoms with E-state index < -0.39 is 11.7 Å². The van der Waals surface area contributed by atoms with Crippen LogP contribution in [0.5, 0.6) is 0 Å². The van der Waals surface area contributed by atoms with Gasteiger partial charge in [0, 0.05) is 18.2 Å². The minimum atomic E-state index is -4.60. The van der Waals surface area contributed by atoms with E-state index in [4.69, 9.17) is 16.3 Å². The second kappa shape index (κ2) is 9.04. The molecule has 3 heterocycles. The van der Waals surface area contributed by atoms with Gasteiger partial charge >= 0.3 is 6.18 Å². The number of ether oxygens (including phenoxy) is 1. The molecule has 1 aliphatic rings. The number of halogens is 4. The zero-order chi connectivity index (χ0) is 21.1. The Labute approximate surface area is 182 Å². The summed E-state index contributed by atoms with van der Waals surface area (Å²) < 4.78 is 47.5. The Morgan fingerprint density at radius 3 is 2.93 bits per heavy atom. The number of nitrogens with one attached hydrogen (secondary N) is 1. The number of nitrogens with zero attached hydrogens (tertiary/aromatic N) is 6. The fourth-order valence-electron chi connectivity index (χ4n) is 2.88. The maximum atomic E-state index is 13.4. The van der Waals surface area contributed by atoms with Crippen molar-refractivity contribution in [2.45, 2.75) is 35.2 Å². The first-order chi connectivity index (χ1) is 14.4. The summed E-state index contributed by atoms with van der Waals surface area (Å²) in [5.41, 5.74) is -1.10. The monoisotopic (exact) mass is 477 g/mol. The molecule has 1 aromatic carbocycles. The van der Waals surface area contributed by atoms with Gasteiger partial charge < -0.3 is 10.1 Å². The molecule has 0 bridgehead atoms. The summed E-state index contributed by atoms with van der Waals surface area (Å²) in [5.74, 6) is 0.463. The third kappa shape index (κ3) is 5.02. The van der Waals surface area contributed by atoms with Crippen LogP contribution in [0.1, 0.15) is 24.2 Å². The Kier molecular flexibility index (Phi) is 6.41. The van der Waals surface area contributed by atoms with Gasteiger partial charge in [-0.25, -0.2) is 0 Å². The topological polar surface area (TPSA) is 90.6 Å². The molecule has 3 aromatic rings. The molecule has 0 radical (unpaired) electrons. The zero-order valence-corrected chi connectivity index (χ0v) is 17.7. The number of aromatic nitrogens is 6. The molecule has 0 aliphatic carbocycles. The van der Waals surface area contributed by atoms with Gasteiger partial charge in [-0.3, -0.25) is 0 Å². The molecule has 4 rings (SSSR count). The predicted octanol–water partition coefficient (Wildman–Crippen LogP) is 4.07. The van der Waals surface area contributed by atoms with E-state index in [-0.39, 0.29) is 28.4 Å². The van der Waals surface area contributed by atoms with Crippen molar-refractivity contribution in [3.05, 3.63) is 34.6 Å². The van der Waals surface area contributed by atoms with Gasteiger partial charge in [0.15, 0.2) is 10.2 Å². The molecule has 0 amide bonds. The largest absolute Gasteiger partial charge is 0.418 e. The number of hydrogen-bond donors (Lipinski definition) is 1. The molecular formula is C16H15ClF3N7OS2. The Morgan fingerprint density at radius 1 is 1.30 bits per heavy atom. The molecule has 14 heteroatoms. The van der Waals surface area contributed by atoms with Crippen LogP contribution in [0.15, 0.2) is 22.5 Å². The lowest BCUT2D eigenvalue weighted by molar-refractivity contribution is -0.137. The van der Waals surface area contributed by atoms with Crippen LogP contribution in [-0.4, -0.2) is 49.7 Å². The minimum Gasteiger partial charge on any atom is -0.376 e. The summed E-state index contributed by atoms with van der Waals surface area (Å²) in [6.45, 7) is 1.44. The molecule has 0 spiro atoms. The lowest BCUT2D eigenvalue weighted by Gasteiger charge is -2.13. The van der Waals surface area contributed by atoms with Gasteiger partial charge in [0.25, 0.3) is 0 Å². The first-order valence-corrected chi connectivity index (χ1v) is 11.0. The Bertz CT molecular complexity index is 1010. The highest BCUT2D eigenvalue weighted by Crippen LogP contribution is 2.36. The van der Waals surface area contributed by atoms with Crippen LogP contribution in [0.3, 0.4) is 0 Å². The van der Waals surface area contributed by atoms with E-state index in [9.17, 15) is 13.2 Å². The lowest BCUT2D eigenvalue weighted by Crippen LogP contribution is -2.18. The van der Waals surface area contributed by atoms with E-state index in [1.807, 2.05) is 0 Å². The van der Waals surface area contributed by atoms with E-state index >= 15 is 0 Å². The van der Waals surface area contributed by atoms with Crippen LogP contribution in [-0.2, 0) is 16.7 Å². The third-order valence-electron chi connectivity index (χ3n) is 4.26.